The van der Waals surface area contributed by atoms with Crippen molar-refractivity contribution in [2.75, 3.05) is 33.9 Å². The van der Waals surface area contributed by atoms with Crippen LogP contribution in [0.2, 0.25) is 0 Å². The van der Waals surface area contributed by atoms with E-state index in [1.807, 2.05) is 0 Å². The van der Waals surface area contributed by atoms with Gasteiger partial charge in [0.1, 0.15) is 0 Å². The topological polar surface area (TPSA) is 21.7 Å². The monoisotopic (exact) mass is 217 g/mol. The predicted molar refractivity (Wildman–Crippen MR) is 64.3 cm³/mol. The first-order valence-electron chi connectivity index (χ1n) is 5.72. The van der Waals surface area contributed by atoms with Gasteiger partial charge in [-0.1, -0.05) is 0 Å². The minimum absolute atomic E-state index is 0.0756. The van der Waals surface area contributed by atoms with Crippen LogP contribution < -0.4 is 0 Å². The standard InChI is InChI=1S/C12H27NO2/c1-11(2)13(5)8-10-15-12(3,4)7-9-14-6/h11H,7-10H2,1-6H3. The molecule has 0 aliphatic heterocycles. The molecule has 92 valence electrons. The highest BCUT2D eigenvalue weighted by Gasteiger charge is 2.18. The van der Waals surface area contributed by atoms with Crippen molar-refractivity contribution in [2.24, 2.45) is 0 Å². The Kier molecular flexibility index (Phi) is 7.14. The SMILES string of the molecule is COCCC(C)(C)OCCN(C)C(C)C. The second kappa shape index (κ2) is 7.20. The molecular formula is C12H27NO2. The second-order valence-electron chi connectivity index (χ2n) is 4.93. The lowest BCUT2D eigenvalue weighted by Crippen LogP contribution is -2.34. The number of likely N-dealkylation sites (N-methyl/N-ethyl adjacent to an activating group) is 1. The zero-order valence-electron chi connectivity index (χ0n) is 11.2. The normalized spacial score (nSPS) is 12.8. The molecule has 0 saturated carbocycles. The van der Waals surface area contributed by atoms with Crippen molar-refractivity contribution in [3.8, 4) is 0 Å². The number of rotatable bonds is 8. The average molecular weight is 217 g/mol. The number of methoxy groups -OCH3 is 1. The molecule has 0 fully saturated rings. The highest BCUT2D eigenvalue weighted by molar-refractivity contribution is 4.68. The predicted octanol–water partition coefficient (Wildman–Crippen LogP) is 2.16. The third-order valence-corrected chi connectivity index (χ3v) is 2.73. The van der Waals surface area contributed by atoms with E-state index < -0.39 is 0 Å². The van der Waals surface area contributed by atoms with E-state index >= 15 is 0 Å². The fourth-order valence-electron chi connectivity index (χ4n) is 1.14. The smallest absolute Gasteiger partial charge is 0.0649 e. The van der Waals surface area contributed by atoms with Crippen LogP contribution in [0, 0.1) is 0 Å². The van der Waals surface area contributed by atoms with Gasteiger partial charge in [-0.3, -0.25) is 0 Å². The lowest BCUT2D eigenvalue weighted by Gasteiger charge is -2.27. The summed E-state index contributed by atoms with van der Waals surface area (Å²) < 4.78 is 10.9. The molecule has 0 saturated heterocycles. The molecule has 0 rings (SSSR count). The summed E-state index contributed by atoms with van der Waals surface area (Å²) in [7, 11) is 3.85. The minimum atomic E-state index is -0.0756. The third-order valence-electron chi connectivity index (χ3n) is 2.73. The lowest BCUT2D eigenvalue weighted by atomic mass is 10.1. The van der Waals surface area contributed by atoms with Crippen LogP contribution in [-0.2, 0) is 9.47 Å². The fourth-order valence-corrected chi connectivity index (χ4v) is 1.14. The first-order valence-corrected chi connectivity index (χ1v) is 5.72. The first kappa shape index (κ1) is 14.9. The van der Waals surface area contributed by atoms with Crippen molar-refractivity contribution >= 4 is 0 Å². The molecule has 0 aliphatic carbocycles. The molecule has 0 unspecified atom stereocenters. The van der Waals surface area contributed by atoms with Gasteiger partial charge in [0, 0.05) is 26.3 Å². The molecule has 0 aliphatic rings. The van der Waals surface area contributed by atoms with Crippen molar-refractivity contribution in [3.05, 3.63) is 0 Å². The van der Waals surface area contributed by atoms with E-state index in [4.69, 9.17) is 9.47 Å². The van der Waals surface area contributed by atoms with E-state index in [0.29, 0.717) is 6.04 Å². The van der Waals surface area contributed by atoms with Crippen molar-refractivity contribution in [1.82, 2.24) is 4.90 Å². The van der Waals surface area contributed by atoms with Gasteiger partial charge in [0.25, 0.3) is 0 Å². The number of hydrogen-bond acceptors (Lipinski definition) is 3. The van der Waals surface area contributed by atoms with Gasteiger partial charge in [0.15, 0.2) is 0 Å². The van der Waals surface area contributed by atoms with Crippen molar-refractivity contribution < 1.29 is 9.47 Å². The molecule has 0 aromatic heterocycles. The van der Waals surface area contributed by atoms with E-state index in [9.17, 15) is 0 Å². The number of nitrogens with zero attached hydrogens (tertiary/aromatic N) is 1. The van der Waals surface area contributed by atoms with E-state index in [0.717, 1.165) is 26.2 Å². The van der Waals surface area contributed by atoms with Gasteiger partial charge in [0.05, 0.1) is 12.2 Å². The quantitative estimate of drug-likeness (QED) is 0.622. The van der Waals surface area contributed by atoms with Gasteiger partial charge in [-0.05, 0) is 41.2 Å². The highest BCUT2D eigenvalue weighted by atomic mass is 16.5. The Hall–Kier alpha value is -0.120. The van der Waals surface area contributed by atoms with Crippen LogP contribution in [-0.4, -0.2) is 50.5 Å². The maximum atomic E-state index is 5.83. The summed E-state index contributed by atoms with van der Waals surface area (Å²) in [5.41, 5.74) is -0.0756. The van der Waals surface area contributed by atoms with Crippen LogP contribution in [0.4, 0.5) is 0 Å². The van der Waals surface area contributed by atoms with Crippen LogP contribution in [0.5, 0.6) is 0 Å². The summed E-state index contributed by atoms with van der Waals surface area (Å²) in [5.74, 6) is 0. The lowest BCUT2D eigenvalue weighted by molar-refractivity contribution is -0.0436. The van der Waals surface area contributed by atoms with E-state index in [2.05, 4.69) is 39.6 Å². The molecule has 0 atom stereocenters. The molecule has 0 amide bonds. The molecule has 3 nitrogen and oxygen atoms in total. The Morgan fingerprint density at radius 2 is 1.80 bits per heavy atom. The maximum Gasteiger partial charge on any atom is 0.0649 e. The van der Waals surface area contributed by atoms with Crippen molar-refractivity contribution in [2.45, 2.75) is 45.8 Å². The summed E-state index contributed by atoms with van der Waals surface area (Å²) in [6.07, 6.45) is 0.939. The van der Waals surface area contributed by atoms with Crippen LogP contribution in [0.25, 0.3) is 0 Å². The van der Waals surface area contributed by atoms with Gasteiger partial charge >= 0.3 is 0 Å². The Bertz CT molecular complexity index is 158. The zero-order chi connectivity index (χ0) is 11.9. The van der Waals surface area contributed by atoms with Crippen molar-refractivity contribution in [3.63, 3.8) is 0 Å². The Morgan fingerprint density at radius 3 is 2.27 bits per heavy atom. The minimum Gasteiger partial charge on any atom is -0.385 e. The molecule has 0 radical (unpaired) electrons. The molecule has 0 heterocycles. The van der Waals surface area contributed by atoms with E-state index in [1.54, 1.807) is 7.11 Å². The van der Waals surface area contributed by atoms with Gasteiger partial charge in [0.2, 0.25) is 0 Å². The molecule has 15 heavy (non-hydrogen) atoms. The Morgan fingerprint density at radius 1 is 1.20 bits per heavy atom. The molecule has 0 aromatic rings. The summed E-state index contributed by atoms with van der Waals surface area (Å²) in [6, 6.07) is 0.579. The van der Waals surface area contributed by atoms with Crippen LogP contribution in [0.1, 0.15) is 34.1 Å². The van der Waals surface area contributed by atoms with Gasteiger partial charge in [-0.25, -0.2) is 0 Å². The van der Waals surface area contributed by atoms with Crippen LogP contribution in [0.15, 0.2) is 0 Å². The largest absolute Gasteiger partial charge is 0.385 e. The van der Waals surface area contributed by atoms with Gasteiger partial charge < -0.3 is 14.4 Å². The Balaban J connectivity index is 3.64. The Labute approximate surface area is 94.7 Å². The summed E-state index contributed by atoms with van der Waals surface area (Å²) in [6.45, 7) is 11.1. The summed E-state index contributed by atoms with van der Waals surface area (Å²) >= 11 is 0. The summed E-state index contributed by atoms with van der Waals surface area (Å²) in [4.78, 5) is 2.28. The molecular weight excluding hydrogens is 190 g/mol. The molecule has 3 heteroatoms. The number of hydrogen-bond donors (Lipinski definition) is 0. The molecule has 0 aromatic carbocycles. The third kappa shape index (κ3) is 7.77. The molecule has 0 spiro atoms. The van der Waals surface area contributed by atoms with Crippen molar-refractivity contribution in [1.29, 1.82) is 0 Å². The van der Waals surface area contributed by atoms with Crippen LogP contribution in [0.3, 0.4) is 0 Å². The average Bonchev–Trinajstić information content (AvgIpc) is 2.14. The van der Waals surface area contributed by atoms with Crippen LogP contribution >= 0.6 is 0 Å². The molecule has 0 bridgehead atoms. The van der Waals surface area contributed by atoms with E-state index in [-0.39, 0.29) is 5.60 Å². The molecule has 0 N–H and O–H groups in total. The van der Waals surface area contributed by atoms with Gasteiger partial charge in [-0.2, -0.15) is 0 Å². The van der Waals surface area contributed by atoms with E-state index in [1.165, 1.54) is 0 Å². The first-order chi connectivity index (χ1) is 6.89. The van der Waals surface area contributed by atoms with Gasteiger partial charge in [-0.15, -0.1) is 0 Å². The second-order valence-corrected chi connectivity index (χ2v) is 4.93. The fraction of sp³-hybridized carbons (Fsp3) is 1.00. The number of ether oxygens (including phenoxy) is 2. The zero-order valence-corrected chi connectivity index (χ0v) is 11.2. The highest BCUT2D eigenvalue weighted by Crippen LogP contribution is 2.14. The maximum absolute atomic E-state index is 5.83. The summed E-state index contributed by atoms with van der Waals surface area (Å²) in [5, 5.41) is 0.